The molecule has 0 aromatic heterocycles. The van der Waals surface area contributed by atoms with E-state index in [1.165, 1.54) is 0 Å². The summed E-state index contributed by atoms with van der Waals surface area (Å²) < 4.78 is 0. The highest BCUT2D eigenvalue weighted by Gasteiger charge is 2.31. The highest BCUT2D eigenvalue weighted by Crippen LogP contribution is 2.16. The first-order valence-electron chi connectivity index (χ1n) is 5.97. The molecule has 1 unspecified atom stereocenters. The van der Waals surface area contributed by atoms with Gasteiger partial charge in [0.1, 0.15) is 6.04 Å². The van der Waals surface area contributed by atoms with Gasteiger partial charge in [-0.25, -0.2) is 0 Å². The second kappa shape index (κ2) is 5.40. The predicted octanol–water partition coefficient (Wildman–Crippen LogP) is 1.69. The van der Waals surface area contributed by atoms with Crippen molar-refractivity contribution in [3.63, 3.8) is 0 Å². The number of benzene rings is 1. The quantitative estimate of drug-likeness (QED) is 0.886. The van der Waals surface area contributed by atoms with Gasteiger partial charge in [-0.05, 0) is 24.6 Å². The van der Waals surface area contributed by atoms with Crippen LogP contribution < -0.4 is 5.32 Å². The smallest absolute Gasteiger partial charge is 0.254 e. The molecular weight excluding hydrogens is 252 g/mol. The van der Waals surface area contributed by atoms with Crippen molar-refractivity contribution < 1.29 is 9.59 Å². The fourth-order valence-electron chi connectivity index (χ4n) is 2.15. The van der Waals surface area contributed by atoms with E-state index >= 15 is 0 Å². The Hall–Kier alpha value is -1.55. The first-order chi connectivity index (χ1) is 8.63. The van der Waals surface area contributed by atoms with Crippen LogP contribution in [0.2, 0.25) is 5.02 Å². The Labute approximate surface area is 111 Å². The standard InChI is InChI=1S/C13H15ClN2O2/c1-2-11-12(17)15-6-7-16(11)13(18)9-4-3-5-10(14)8-9/h3-5,8,11H,2,6-7H2,1H3,(H,15,17). The van der Waals surface area contributed by atoms with Crippen LogP contribution in [-0.4, -0.2) is 35.8 Å². The summed E-state index contributed by atoms with van der Waals surface area (Å²) in [7, 11) is 0. The van der Waals surface area contributed by atoms with Crippen LogP contribution in [-0.2, 0) is 4.79 Å². The van der Waals surface area contributed by atoms with E-state index in [0.29, 0.717) is 30.1 Å². The van der Waals surface area contributed by atoms with Crippen LogP contribution in [0, 0.1) is 0 Å². The lowest BCUT2D eigenvalue weighted by atomic mass is 10.1. The van der Waals surface area contributed by atoms with Crippen LogP contribution in [0.3, 0.4) is 0 Å². The van der Waals surface area contributed by atoms with Gasteiger partial charge in [0, 0.05) is 23.7 Å². The first kappa shape index (κ1) is 12.9. The summed E-state index contributed by atoms with van der Waals surface area (Å²) in [6, 6.07) is 6.42. The summed E-state index contributed by atoms with van der Waals surface area (Å²) in [6.07, 6.45) is 0.609. The van der Waals surface area contributed by atoms with Gasteiger partial charge >= 0.3 is 0 Å². The monoisotopic (exact) mass is 266 g/mol. The van der Waals surface area contributed by atoms with Crippen molar-refractivity contribution in [2.45, 2.75) is 19.4 Å². The third kappa shape index (κ3) is 2.48. The number of nitrogens with one attached hydrogen (secondary N) is 1. The van der Waals surface area contributed by atoms with E-state index in [1.807, 2.05) is 6.92 Å². The van der Waals surface area contributed by atoms with Crippen LogP contribution in [0.15, 0.2) is 24.3 Å². The van der Waals surface area contributed by atoms with Crippen LogP contribution in [0.25, 0.3) is 0 Å². The molecule has 0 radical (unpaired) electrons. The SMILES string of the molecule is CCC1C(=O)NCCN1C(=O)c1cccc(Cl)c1. The first-order valence-corrected chi connectivity index (χ1v) is 6.35. The molecule has 1 heterocycles. The molecule has 96 valence electrons. The van der Waals surface area contributed by atoms with Gasteiger partial charge < -0.3 is 10.2 Å². The van der Waals surface area contributed by atoms with Crippen molar-refractivity contribution in [3.05, 3.63) is 34.9 Å². The number of rotatable bonds is 2. The van der Waals surface area contributed by atoms with Gasteiger partial charge in [-0.2, -0.15) is 0 Å². The van der Waals surface area contributed by atoms with Gasteiger partial charge in [-0.1, -0.05) is 24.6 Å². The average molecular weight is 267 g/mol. The van der Waals surface area contributed by atoms with Gasteiger partial charge in [0.2, 0.25) is 5.91 Å². The van der Waals surface area contributed by atoms with Crippen LogP contribution in [0.4, 0.5) is 0 Å². The topological polar surface area (TPSA) is 49.4 Å². The summed E-state index contributed by atoms with van der Waals surface area (Å²) in [4.78, 5) is 25.7. The molecule has 1 atom stereocenters. The van der Waals surface area contributed by atoms with Gasteiger partial charge in [0.15, 0.2) is 0 Å². The second-order valence-electron chi connectivity index (χ2n) is 4.22. The largest absolute Gasteiger partial charge is 0.353 e. The maximum atomic E-state index is 12.4. The summed E-state index contributed by atoms with van der Waals surface area (Å²) in [5, 5.41) is 3.30. The number of piperazine rings is 1. The molecule has 18 heavy (non-hydrogen) atoms. The molecule has 0 bridgehead atoms. The molecule has 0 spiro atoms. The molecule has 1 aliphatic rings. The zero-order chi connectivity index (χ0) is 13.1. The third-order valence-electron chi connectivity index (χ3n) is 3.05. The van der Waals surface area contributed by atoms with Crippen molar-refractivity contribution in [2.24, 2.45) is 0 Å². The lowest BCUT2D eigenvalue weighted by Gasteiger charge is -2.34. The zero-order valence-electron chi connectivity index (χ0n) is 10.1. The van der Waals surface area contributed by atoms with Crippen molar-refractivity contribution in [1.82, 2.24) is 10.2 Å². The minimum Gasteiger partial charge on any atom is -0.353 e. The van der Waals surface area contributed by atoms with Crippen molar-refractivity contribution in [2.75, 3.05) is 13.1 Å². The Kier molecular flexibility index (Phi) is 3.87. The van der Waals surface area contributed by atoms with Crippen LogP contribution in [0.1, 0.15) is 23.7 Å². The van der Waals surface area contributed by atoms with Gasteiger partial charge in [-0.15, -0.1) is 0 Å². The molecule has 1 aliphatic heterocycles. The Morgan fingerprint density at radius 1 is 1.56 bits per heavy atom. The van der Waals surface area contributed by atoms with Crippen molar-refractivity contribution in [3.8, 4) is 0 Å². The average Bonchev–Trinajstić information content (AvgIpc) is 2.37. The Balaban J connectivity index is 2.24. The second-order valence-corrected chi connectivity index (χ2v) is 4.66. The molecule has 0 saturated carbocycles. The Bertz CT molecular complexity index is 476. The maximum absolute atomic E-state index is 12.4. The van der Waals surface area contributed by atoms with E-state index in [0.717, 1.165) is 0 Å². The Morgan fingerprint density at radius 3 is 3.00 bits per heavy atom. The lowest BCUT2D eigenvalue weighted by Crippen LogP contribution is -2.56. The maximum Gasteiger partial charge on any atom is 0.254 e. The summed E-state index contributed by atoms with van der Waals surface area (Å²) in [5.74, 6) is -0.224. The molecule has 2 amide bonds. The van der Waals surface area contributed by atoms with E-state index in [4.69, 9.17) is 11.6 Å². The summed E-state index contributed by atoms with van der Waals surface area (Å²) in [6.45, 7) is 2.94. The van der Waals surface area contributed by atoms with E-state index in [2.05, 4.69) is 5.32 Å². The number of carbonyl (C=O) groups is 2. The highest BCUT2D eigenvalue weighted by atomic mass is 35.5. The fourth-order valence-corrected chi connectivity index (χ4v) is 2.34. The van der Waals surface area contributed by atoms with E-state index in [1.54, 1.807) is 29.2 Å². The van der Waals surface area contributed by atoms with Gasteiger partial charge in [0.25, 0.3) is 5.91 Å². The zero-order valence-corrected chi connectivity index (χ0v) is 10.9. The van der Waals surface area contributed by atoms with Crippen molar-refractivity contribution in [1.29, 1.82) is 0 Å². The third-order valence-corrected chi connectivity index (χ3v) is 3.29. The minimum absolute atomic E-state index is 0.0841. The molecule has 1 fully saturated rings. The van der Waals surface area contributed by atoms with E-state index < -0.39 is 0 Å². The molecule has 1 aromatic carbocycles. The van der Waals surface area contributed by atoms with E-state index in [-0.39, 0.29) is 17.9 Å². The number of halogens is 1. The minimum atomic E-state index is -0.384. The molecule has 4 nitrogen and oxygen atoms in total. The molecule has 1 saturated heterocycles. The van der Waals surface area contributed by atoms with Gasteiger partial charge in [-0.3, -0.25) is 9.59 Å². The molecule has 2 rings (SSSR count). The predicted molar refractivity (Wildman–Crippen MR) is 69.6 cm³/mol. The summed E-state index contributed by atoms with van der Waals surface area (Å²) in [5.41, 5.74) is 0.524. The molecule has 0 aliphatic carbocycles. The van der Waals surface area contributed by atoms with Crippen molar-refractivity contribution >= 4 is 23.4 Å². The molecule has 1 aromatic rings. The molecule has 5 heteroatoms. The normalized spacial score (nSPS) is 19.6. The number of amides is 2. The number of hydrogen-bond acceptors (Lipinski definition) is 2. The summed E-state index contributed by atoms with van der Waals surface area (Å²) >= 11 is 5.88. The number of hydrogen-bond donors (Lipinski definition) is 1. The van der Waals surface area contributed by atoms with Gasteiger partial charge in [0.05, 0.1) is 0 Å². The Morgan fingerprint density at radius 2 is 2.33 bits per heavy atom. The number of nitrogens with zero attached hydrogens (tertiary/aromatic N) is 1. The fraction of sp³-hybridized carbons (Fsp3) is 0.385. The highest BCUT2D eigenvalue weighted by molar-refractivity contribution is 6.31. The van der Waals surface area contributed by atoms with E-state index in [9.17, 15) is 9.59 Å². The number of carbonyl (C=O) groups excluding carboxylic acids is 2. The van der Waals surface area contributed by atoms with Crippen LogP contribution in [0.5, 0.6) is 0 Å². The molecular formula is C13H15ClN2O2. The lowest BCUT2D eigenvalue weighted by molar-refractivity contribution is -0.127. The molecule has 1 N–H and O–H groups in total. The van der Waals surface area contributed by atoms with Crippen LogP contribution >= 0.6 is 11.6 Å².